The van der Waals surface area contributed by atoms with Crippen molar-refractivity contribution in [1.82, 2.24) is 4.98 Å². The van der Waals surface area contributed by atoms with Gasteiger partial charge < -0.3 is 9.47 Å². The van der Waals surface area contributed by atoms with Crippen molar-refractivity contribution in [3.63, 3.8) is 0 Å². The van der Waals surface area contributed by atoms with Gasteiger partial charge in [-0.1, -0.05) is 17.7 Å². The SMILES string of the molecule is COCCOC(=O)c1cccc(Cl)n1. The van der Waals surface area contributed by atoms with Gasteiger partial charge in [-0.15, -0.1) is 0 Å². The summed E-state index contributed by atoms with van der Waals surface area (Å²) >= 11 is 5.61. The minimum absolute atomic E-state index is 0.202. The van der Waals surface area contributed by atoms with E-state index in [9.17, 15) is 4.79 Å². The molecule has 0 saturated heterocycles. The third-order valence-electron chi connectivity index (χ3n) is 1.44. The number of rotatable bonds is 4. The first-order chi connectivity index (χ1) is 6.74. The van der Waals surface area contributed by atoms with Crippen molar-refractivity contribution in [3.05, 3.63) is 29.0 Å². The van der Waals surface area contributed by atoms with Gasteiger partial charge in [0.2, 0.25) is 0 Å². The smallest absolute Gasteiger partial charge is 0.357 e. The van der Waals surface area contributed by atoms with Gasteiger partial charge in [0.1, 0.15) is 17.5 Å². The summed E-state index contributed by atoms with van der Waals surface area (Å²) in [7, 11) is 1.53. The van der Waals surface area contributed by atoms with E-state index < -0.39 is 5.97 Å². The Labute approximate surface area is 86.8 Å². The molecule has 76 valence electrons. The molecule has 0 radical (unpaired) electrons. The number of hydrogen-bond donors (Lipinski definition) is 0. The number of ether oxygens (including phenoxy) is 2. The lowest BCUT2D eigenvalue weighted by atomic mass is 10.3. The molecule has 0 atom stereocenters. The van der Waals surface area contributed by atoms with Crippen molar-refractivity contribution in [2.24, 2.45) is 0 Å². The van der Waals surface area contributed by atoms with Crippen molar-refractivity contribution in [2.75, 3.05) is 20.3 Å². The quantitative estimate of drug-likeness (QED) is 0.434. The topological polar surface area (TPSA) is 48.4 Å². The maximum Gasteiger partial charge on any atom is 0.357 e. The maximum absolute atomic E-state index is 11.3. The fourth-order valence-electron chi connectivity index (χ4n) is 0.814. The van der Waals surface area contributed by atoms with Crippen LogP contribution < -0.4 is 0 Å². The van der Waals surface area contributed by atoms with Crippen LogP contribution in [0.5, 0.6) is 0 Å². The molecule has 1 rings (SSSR count). The van der Waals surface area contributed by atoms with E-state index in [1.807, 2.05) is 0 Å². The number of pyridine rings is 1. The molecule has 0 amide bonds. The van der Waals surface area contributed by atoms with Crippen molar-refractivity contribution in [1.29, 1.82) is 0 Å². The molecule has 1 aromatic rings. The molecule has 5 heteroatoms. The van der Waals surface area contributed by atoms with Crippen LogP contribution in [0, 0.1) is 0 Å². The normalized spacial score (nSPS) is 9.86. The molecule has 0 aromatic carbocycles. The van der Waals surface area contributed by atoms with Gasteiger partial charge in [0.25, 0.3) is 0 Å². The van der Waals surface area contributed by atoms with Gasteiger partial charge >= 0.3 is 5.97 Å². The Hall–Kier alpha value is -1.13. The second-order valence-electron chi connectivity index (χ2n) is 2.47. The monoisotopic (exact) mass is 215 g/mol. The van der Waals surface area contributed by atoms with Gasteiger partial charge in [-0.05, 0) is 12.1 Å². The molecule has 0 aliphatic rings. The Balaban J connectivity index is 2.52. The number of esters is 1. The molecule has 0 aliphatic carbocycles. The van der Waals surface area contributed by atoms with Gasteiger partial charge in [0, 0.05) is 7.11 Å². The number of carbonyl (C=O) groups excluding carboxylic acids is 1. The summed E-state index contributed by atoms with van der Waals surface area (Å²) in [5.41, 5.74) is 0.202. The Bertz CT molecular complexity index is 317. The predicted octanol–water partition coefficient (Wildman–Crippen LogP) is 1.54. The molecule has 0 saturated carbocycles. The Morgan fingerprint density at radius 2 is 2.29 bits per heavy atom. The van der Waals surface area contributed by atoms with E-state index in [2.05, 4.69) is 4.98 Å². The molecule has 0 unspecified atom stereocenters. The van der Waals surface area contributed by atoms with Gasteiger partial charge in [-0.3, -0.25) is 0 Å². The van der Waals surface area contributed by atoms with E-state index in [1.165, 1.54) is 7.11 Å². The number of carbonyl (C=O) groups is 1. The zero-order valence-corrected chi connectivity index (χ0v) is 8.45. The zero-order valence-electron chi connectivity index (χ0n) is 7.70. The first kappa shape index (κ1) is 10.9. The van der Waals surface area contributed by atoms with E-state index in [0.29, 0.717) is 6.61 Å². The number of aromatic nitrogens is 1. The molecule has 0 bridgehead atoms. The number of hydrogen-bond acceptors (Lipinski definition) is 4. The summed E-state index contributed by atoms with van der Waals surface area (Å²) in [6.07, 6.45) is 0. The molecule has 14 heavy (non-hydrogen) atoms. The highest BCUT2D eigenvalue weighted by Gasteiger charge is 2.08. The fourth-order valence-corrected chi connectivity index (χ4v) is 0.977. The van der Waals surface area contributed by atoms with Crippen LogP contribution in [0.25, 0.3) is 0 Å². The molecular formula is C9H10ClNO3. The van der Waals surface area contributed by atoms with Gasteiger partial charge in [0.05, 0.1) is 6.61 Å². The van der Waals surface area contributed by atoms with Crippen LogP contribution in [-0.4, -0.2) is 31.3 Å². The van der Waals surface area contributed by atoms with Crippen LogP contribution in [0.15, 0.2) is 18.2 Å². The minimum atomic E-state index is -0.496. The van der Waals surface area contributed by atoms with E-state index in [1.54, 1.807) is 18.2 Å². The molecule has 4 nitrogen and oxygen atoms in total. The van der Waals surface area contributed by atoms with Crippen LogP contribution in [0.4, 0.5) is 0 Å². The molecule has 1 aromatic heterocycles. The van der Waals surface area contributed by atoms with E-state index in [4.69, 9.17) is 21.1 Å². The summed E-state index contributed by atoms with van der Waals surface area (Å²) < 4.78 is 9.57. The number of halogens is 1. The highest BCUT2D eigenvalue weighted by atomic mass is 35.5. The molecule has 0 spiro atoms. The zero-order chi connectivity index (χ0) is 10.4. The average Bonchev–Trinajstić information content (AvgIpc) is 2.18. The second-order valence-corrected chi connectivity index (χ2v) is 2.86. The predicted molar refractivity (Wildman–Crippen MR) is 51.4 cm³/mol. The summed E-state index contributed by atoms with van der Waals surface area (Å²) in [6.45, 7) is 0.579. The third-order valence-corrected chi connectivity index (χ3v) is 1.66. The van der Waals surface area contributed by atoms with Gasteiger partial charge in [0.15, 0.2) is 0 Å². The van der Waals surface area contributed by atoms with Crippen LogP contribution in [-0.2, 0) is 9.47 Å². The van der Waals surface area contributed by atoms with Crippen molar-refractivity contribution in [2.45, 2.75) is 0 Å². The van der Waals surface area contributed by atoms with Crippen molar-refractivity contribution < 1.29 is 14.3 Å². The van der Waals surface area contributed by atoms with E-state index in [0.717, 1.165) is 0 Å². The van der Waals surface area contributed by atoms with Gasteiger partial charge in [-0.25, -0.2) is 9.78 Å². The van der Waals surface area contributed by atoms with Crippen LogP contribution >= 0.6 is 11.6 Å². The first-order valence-electron chi connectivity index (χ1n) is 4.02. The largest absolute Gasteiger partial charge is 0.459 e. The minimum Gasteiger partial charge on any atom is -0.459 e. The van der Waals surface area contributed by atoms with Crippen molar-refractivity contribution >= 4 is 17.6 Å². The maximum atomic E-state index is 11.3. The average molecular weight is 216 g/mol. The summed E-state index contributed by atoms with van der Waals surface area (Å²) in [5, 5.41) is 0.270. The number of methoxy groups -OCH3 is 1. The van der Waals surface area contributed by atoms with Crippen LogP contribution in [0.2, 0.25) is 5.15 Å². The summed E-state index contributed by atoms with van der Waals surface area (Å²) in [4.78, 5) is 15.1. The first-order valence-corrected chi connectivity index (χ1v) is 4.40. The Morgan fingerprint density at radius 1 is 1.50 bits per heavy atom. The molecule has 0 fully saturated rings. The standard InChI is InChI=1S/C9H10ClNO3/c1-13-5-6-14-9(12)7-3-2-4-8(10)11-7/h2-4H,5-6H2,1H3. The van der Waals surface area contributed by atoms with Crippen LogP contribution in [0.3, 0.4) is 0 Å². The molecule has 1 heterocycles. The highest BCUT2D eigenvalue weighted by Crippen LogP contribution is 2.05. The number of nitrogens with zero attached hydrogens (tertiary/aromatic N) is 1. The molecular weight excluding hydrogens is 206 g/mol. The molecule has 0 N–H and O–H groups in total. The fraction of sp³-hybridized carbons (Fsp3) is 0.333. The highest BCUT2D eigenvalue weighted by molar-refractivity contribution is 6.29. The van der Waals surface area contributed by atoms with Gasteiger partial charge in [-0.2, -0.15) is 0 Å². The van der Waals surface area contributed by atoms with Crippen LogP contribution in [0.1, 0.15) is 10.5 Å². The van der Waals surface area contributed by atoms with E-state index >= 15 is 0 Å². The summed E-state index contributed by atoms with van der Waals surface area (Å²) in [6, 6.07) is 4.77. The summed E-state index contributed by atoms with van der Waals surface area (Å²) in [5.74, 6) is -0.496. The third kappa shape index (κ3) is 3.32. The van der Waals surface area contributed by atoms with Crippen molar-refractivity contribution in [3.8, 4) is 0 Å². The Morgan fingerprint density at radius 3 is 2.93 bits per heavy atom. The molecule has 0 aliphatic heterocycles. The lowest BCUT2D eigenvalue weighted by Crippen LogP contribution is -2.11. The van der Waals surface area contributed by atoms with E-state index in [-0.39, 0.29) is 17.5 Å². The lowest BCUT2D eigenvalue weighted by Gasteiger charge is -2.02. The second kappa shape index (κ2) is 5.57. The lowest BCUT2D eigenvalue weighted by molar-refractivity contribution is 0.0381. The Kier molecular flexibility index (Phi) is 4.35.